The summed E-state index contributed by atoms with van der Waals surface area (Å²) in [7, 11) is 0. The number of alkyl halides is 3. The molecule has 3 rings (SSSR count). The van der Waals surface area contributed by atoms with Crippen molar-refractivity contribution in [1.29, 1.82) is 0 Å². The van der Waals surface area contributed by atoms with Crippen molar-refractivity contribution in [3.8, 4) is 5.75 Å². The number of anilines is 1. The largest absolute Gasteiger partial charge is 0.490 e. The molecule has 7 heteroatoms. The zero-order valence-corrected chi connectivity index (χ0v) is 15.6. The summed E-state index contributed by atoms with van der Waals surface area (Å²) < 4.78 is 43.7. The molecule has 0 atom stereocenters. The number of amides is 2. The van der Waals surface area contributed by atoms with E-state index in [0.29, 0.717) is 5.69 Å². The highest BCUT2D eigenvalue weighted by Gasteiger charge is 2.30. The maximum absolute atomic E-state index is 12.6. The first kappa shape index (κ1) is 20.0. The van der Waals surface area contributed by atoms with Crippen LogP contribution in [0.1, 0.15) is 36.8 Å². The molecular formula is C21H23F3N2O2. The second-order valence-electron chi connectivity index (χ2n) is 7.08. The van der Waals surface area contributed by atoms with Crippen molar-refractivity contribution in [2.45, 2.75) is 50.9 Å². The van der Waals surface area contributed by atoms with E-state index in [9.17, 15) is 18.0 Å². The molecule has 0 spiro atoms. The summed E-state index contributed by atoms with van der Waals surface area (Å²) in [6.07, 6.45) is -1.02. The van der Waals surface area contributed by atoms with Crippen LogP contribution in [-0.4, -0.2) is 18.2 Å². The minimum absolute atomic E-state index is 0.0207. The van der Waals surface area contributed by atoms with Gasteiger partial charge in [0.05, 0.1) is 11.7 Å². The summed E-state index contributed by atoms with van der Waals surface area (Å²) in [5.41, 5.74) is 0.756. The lowest BCUT2D eigenvalue weighted by Gasteiger charge is -2.29. The van der Waals surface area contributed by atoms with E-state index in [4.69, 9.17) is 4.74 Å². The molecule has 1 saturated carbocycles. The van der Waals surface area contributed by atoms with E-state index in [1.165, 1.54) is 17.7 Å². The minimum Gasteiger partial charge on any atom is -0.490 e. The molecule has 1 aliphatic rings. The van der Waals surface area contributed by atoms with Crippen LogP contribution in [0.4, 0.5) is 23.7 Å². The minimum atomic E-state index is -4.39. The Balaban J connectivity index is 1.42. The van der Waals surface area contributed by atoms with Crippen molar-refractivity contribution < 1.29 is 22.7 Å². The van der Waals surface area contributed by atoms with Gasteiger partial charge in [0.25, 0.3) is 0 Å². The number of halogens is 3. The standard InChI is InChI=1S/C21H23F3N2O2/c1-14-2-10-18(11-3-14)28-19-12-8-17(9-13-19)26-20(27)25-16-6-4-15(5-7-16)21(22,23)24/h2-7,10-11,17,19H,8-9,12-13H2,1H3,(H2,25,26,27). The van der Waals surface area contributed by atoms with Gasteiger partial charge in [0, 0.05) is 11.7 Å². The third-order valence-corrected chi connectivity index (χ3v) is 4.80. The van der Waals surface area contributed by atoms with Crippen molar-refractivity contribution >= 4 is 11.7 Å². The Morgan fingerprint density at radius 3 is 2.14 bits per heavy atom. The van der Waals surface area contributed by atoms with E-state index in [1.54, 1.807) is 0 Å². The fourth-order valence-electron chi connectivity index (χ4n) is 3.23. The van der Waals surface area contributed by atoms with E-state index in [0.717, 1.165) is 43.6 Å². The van der Waals surface area contributed by atoms with Gasteiger partial charge in [0.1, 0.15) is 5.75 Å². The first-order chi connectivity index (χ1) is 13.3. The third-order valence-electron chi connectivity index (χ3n) is 4.80. The van der Waals surface area contributed by atoms with Gasteiger partial charge >= 0.3 is 12.2 Å². The smallest absolute Gasteiger partial charge is 0.416 e. The van der Waals surface area contributed by atoms with Gasteiger partial charge in [-0.25, -0.2) is 4.79 Å². The zero-order chi connectivity index (χ0) is 20.1. The van der Waals surface area contributed by atoms with Gasteiger partial charge in [-0.1, -0.05) is 17.7 Å². The molecule has 1 aliphatic carbocycles. The van der Waals surface area contributed by atoms with E-state index < -0.39 is 17.8 Å². The molecule has 150 valence electrons. The van der Waals surface area contributed by atoms with Gasteiger partial charge < -0.3 is 15.4 Å². The molecule has 0 radical (unpaired) electrons. The number of carbonyl (C=O) groups excluding carboxylic acids is 1. The molecule has 2 N–H and O–H groups in total. The van der Waals surface area contributed by atoms with Crippen molar-refractivity contribution in [3.05, 3.63) is 59.7 Å². The fourth-order valence-corrected chi connectivity index (χ4v) is 3.23. The predicted molar refractivity (Wildman–Crippen MR) is 101 cm³/mol. The molecule has 28 heavy (non-hydrogen) atoms. The molecule has 0 saturated heterocycles. The number of urea groups is 1. The number of carbonyl (C=O) groups is 1. The van der Waals surface area contributed by atoms with Gasteiger partial charge in [-0.3, -0.25) is 0 Å². The molecule has 2 aromatic carbocycles. The van der Waals surface area contributed by atoms with E-state index >= 15 is 0 Å². The van der Waals surface area contributed by atoms with Crippen molar-refractivity contribution in [2.75, 3.05) is 5.32 Å². The maximum atomic E-state index is 12.6. The Labute approximate surface area is 162 Å². The average Bonchev–Trinajstić information content (AvgIpc) is 2.65. The highest BCUT2D eigenvalue weighted by Crippen LogP contribution is 2.30. The number of benzene rings is 2. The fraction of sp³-hybridized carbons (Fsp3) is 0.381. The van der Waals surface area contributed by atoms with Crippen LogP contribution < -0.4 is 15.4 Å². The van der Waals surface area contributed by atoms with Crippen molar-refractivity contribution in [1.82, 2.24) is 5.32 Å². The Morgan fingerprint density at radius 1 is 0.964 bits per heavy atom. The van der Waals surface area contributed by atoms with Crippen LogP contribution in [0.5, 0.6) is 5.75 Å². The number of hydrogen-bond donors (Lipinski definition) is 2. The van der Waals surface area contributed by atoms with Crippen LogP contribution in [0.25, 0.3) is 0 Å². The van der Waals surface area contributed by atoms with Crippen LogP contribution >= 0.6 is 0 Å². The molecule has 0 bridgehead atoms. The molecule has 2 amide bonds. The molecule has 4 nitrogen and oxygen atoms in total. The normalized spacial score (nSPS) is 19.7. The summed E-state index contributed by atoms with van der Waals surface area (Å²) in [6.45, 7) is 2.02. The van der Waals surface area contributed by atoms with E-state index in [-0.39, 0.29) is 12.1 Å². The molecule has 2 aromatic rings. The van der Waals surface area contributed by atoms with Gasteiger partial charge in [0.2, 0.25) is 0 Å². The first-order valence-corrected chi connectivity index (χ1v) is 9.28. The molecule has 0 aromatic heterocycles. The summed E-state index contributed by atoms with van der Waals surface area (Å²) in [6, 6.07) is 11.9. The number of aryl methyl sites for hydroxylation is 1. The topological polar surface area (TPSA) is 50.4 Å². The van der Waals surface area contributed by atoms with Crippen LogP contribution in [0.15, 0.2) is 48.5 Å². The first-order valence-electron chi connectivity index (χ1n) is 9.28. The highest BCUT2D eigenvalue weighted by molar-refractivity contribution is 5.89. The van der Waals surface area contributed by atoms with Gasteiger partial charge in [-0.2, -0.15) is 13.2 Å². The highest BCUT2D eigenvalue weighted by atomic mass is 19.4. The van der Waals surface area contributed by atoms with E-state index in [2.05, 4.69) is 10.6 Å². The van der Waals surface area contributed by atoms with Crippen LogP contribution in [-0.2, 0) is 6.18 Å². The van der Waals surface area contributed by atoms with E-state index in [1.807, 2.05) is 31.2 Å². The number of hydrogen-bond acceptors (Lipinski definition) is 2. The Kier molecular flexibility index (Phi) is 6.11. The third kappa shape index (κ3) is 5.65. The van der Waals surface area contributed by atoms with Gasteiger partial charge in [0.15, 0.2) is 0 Å². The average molecular weight is 392 g/mol. The van der Waals surface area contributed by atoms with Crippen molar-refractivity contribution in [3.63, 3.8) is 0 Å². The molecular weight excluding hydrogens is 369 g/mol. The summed E-state index contributed by atoms with van der Waals surface area (Å²) in [4.78, 5) is 12.1. The lowest BCUT2D eigenvalue weighted by molar-refractivity contribution is -0.137. The lowest BCUT2D eigenvalue weighted by atomic mass is 9.93. The number of rotatable bonds is 4. The van der Waals surface area contributed by atoms with Crippen LogP contribution in [0.2, 0.25) is 0 Å². The summed E-state index contributed by atoms with van der Waals surface area (Å²) in [5.74, 6) is 0.849. The summed E-state index contributed by atoms with van der Waals surface area (Å²) in [5, 5.41) is 5.45. The lowest BCUT2D eigenvalue weighted by Crippen LogP contribution is -2.41. The number of ether oxygens (including phenoxy) is 1. The second-order valence-corrected chi connectivity index (χ2v) is 7.08. The van der Waals surface area contributed by atoms with Crippen molar-refractivity contribution in [2.24, 2.45) is 0 Å². The molecule has 0 unspecified atom stereocenters. The molecule has 1 fully saturated rings. The molecule has 0 heterocycles. The zero-order valence-electron chi connectivity index (χ0n) is 15.6. The van der Waals surface area contributed by atoms with Crippen LogP contribution in [0, 0.1) is 6.92 Å². The van der Waals surface area contributed by atoms with Gasteiger partial charge in [-0.05, 0) is 69.0 Å². The second kappa shape index (κ2) is 8.54. The number of nitrogens with one attached hydrogen (secondary N) is 2. The Morgan fingerprint density at radius 2 is 1.57 bits per heavy atom. The molecule has 0 aliphatic heterocycles. The SMILES string of the molecule is Cc1ccc(OC2CCC(NC(=O)Nc3ccc(C(F)(F)F)cc3)CC2)cc1. The van der Waals surface area contributed by atoms with Gasteiger partial charge in [-0.15, -0.1) is 0 Å². The van der Waals surface area contributed by atoms with Crippen LogP contribution in [0.3, 0.4) is 0 Å². The Hall–Kier alpha value is -2.70. The maximum Gasteiger partial charge on any atom is 0.416 e. The monoisotopic (exact) mass is 392 g/mol. The predicted octanol–water partition coefficient (Wildman–Crippen LogP) is 5.53. The Bertz CT molecular complexity index is 781. The quantitative estimate of drug-likeness (QED) is 0.719. The summed E-state index contributed by atoms with van der Waals surface area (Å²) >= 11 is 0.